The standard InChI is InChI=1S/C8H12N2O2/c1-2-3-4-9-8(11)7-5-12-6-10-7/h5-6H,2-4H2,1H3,(H,9,11). The third-order valence-electron chi connectivity index (χ3n) is 1.48. The van der Waals surface area contributed by atoms with Crippen LogP contribution in [0.25, 0.3) is 0 Å². The van der Waals surface area contributed by atoms with Crippen LogP contribution in [-0.4, -0.2) is 17.4 Å². The van der Waals surface area contributed by atoms with Gasteiger partial charge in [0.1, 0.15) is 6.26 Å². The first-order chi connectivity index (χ1) is 5.84. The van der Waals surface area contributed by atoms with Crippen LogP contribution in [0.1, 0.15) is 30.3 Å². The summed E-state index contributed by atoms with van der Waals surface area (Å²) in [6, 6.07) is 0. The van der Waals surface area contributed by atoms with Crippen molar-refractivity contribution in [2.24, 2.45) is 0 Å². The van der Waals surface area contributed by atoms with Crippen LogP contribution in [-0.2, 0) is 0 Å². The molecule has 0 spiro atoms. The Hall–Kier alpha value is -1.32. The zero-order valence-electron chi connectivity index (χ0n) is 7.04. The fraction of sp³-hybridized carbons (Fsp3) is 0.500. The normalized spacial score (nSPS) is 9.75. The number of carbonyl (C=O) groups is 1. The number of oxazole rings is 1. The Bertz CT molecular complexity index is 231. The third kappa shape index (κ3) is 2.38. The highest BCUT2D eigenvalue weighted by Crippen LogP contribution is 1.93. The van der Waals surface area contributed by atoms with Crippen molar-refractivity contribution < 1.29 is 9.21 Å². The van der Waals surface area contributed by atoms with Crippen LogP contribution in [0, 0.1) is 0 Å². The number of carbonyl (C=O) groups excluding carboxylic acids is 1. The molecule has 4 nitrogen and oxygen atoms in total. The summed E-state index contributed by atoms with van der Waals surface area (Å²) in [4.78, 5) is 14.9. The Morgan fingerprint density at radius 1 is 1.75 bits per heavy atom. The lowest BCUT2D eigenvalue weighted by Crippen LogP contribution is -2.24. The lowest BCUT2D eigenvalue weighted by Gasteiger charge is -1.99. The summed E-state index contributed by atoms with van der Waals surface area (Å²) >= 11 is 0. The Balaban J connectivity index is 2.30. The highest BCUT2D eigenvalue weighted by atomic mass is 16.3. The van der Waals surface area contributed by atoms with Crippen molar-refractivity contribution >= 4 is 5.91 Å². The molecule has 0 atom stereocenters. The highest BCUT2D eigenvalue weighted by molar-refractivity contribution is 5.91. The van der Waals surface area contributed by atoms with Gasteiger partial charge in [-0.05, 0) is 6.42 Å². The molecule has 0 aliphatic heterocycles. The van der Waals surface area contributed by atoms with Crippen LogP contribution in [0.2, 0.25) is 0 Å². The minimum atomic E-state index is -0.169. The number of nitrogens with zero attached hydrogens (tertiary/aromatic N) is 1. The number of hydrogen-bond acceptors (Lipinski definition) is 3. The van der Waals surface area contributed by atoms with Crippen LogP contribution in [0.5, 0.6) is 0 Å². The number of aromatic nitrogens is 1. The summed E-state index contributed by atoms with van der Waals surface area (Å²) in [6.07, 6.45) is 4.64. The van der Waals surface area contributed by atoms with Gasteiger partial charge in [-0.15, -0.1) is 0 Å². The molecule has 0 aliphatic rings. The molecular weight excluding hydrogens is 156 g/mol. The first-order valence-electron chi connectivity index (χ1n) is 4.01. The molecule has 0 fully saturated rings. The van der Waals surface area contributed by atoms with Crippen molar-refractivity contribution in [3.8, 4) is 0 Å². The van der Waals surface area contributed by atoms with Crippen molar-refractivity contribution in [1.82, 2.24) is 10.3 Å². The van der Waals surface area contributed by atoms with E-state index in [-0.39, 0.29) is 5.91 Å². The van der Waals surface area contributed by atoms with Crippen LogP contribution in [0.15, 0.2) is 17.1 Å². The van der Waals surface area contributed by atoms with E-state index in [0.29, 0.717) is 12.2 Å². The predicted octanol–water partition coefficient (Wildman–Crippen LogP) is 1.20. The van der Waals surface area contributed by atoms with Crippen molar-refractivity contribution in [1.29, 1.82) is 0 Å². The fourth-order valence-electron chi connectivity index (χ4n) is 0.794. The largest absolute Gasteiger partial charge is 0.451 e. The molecule has 0 aromatic carbocycles. The van der Waals surface area contributed by atoms with Crippen molar-refractivity contribution in [2.75, 3.05) is 6.54 Å². The monoisotopic (exact) mass is 168 g/mol. The summed E-state index contributed by atoms with van der Waals surface area (Å²) in [5, 5.41) is 2.72. The zero-order chi connectivity index (χ0) is 8.81. The topological polar surface area (TPSA) is 55.1 Å². The molecular formula is C8H12N2O2. The van der Waals surface area contributed by atoms with Crippen LogP contribution in [0.3, 0.4) is 0 Å². The van der Waals surface area contributed by atoms with Gasteiger partial charge in [-0.2, -0.15) is 0 Å². The average molecular weight is 168 g/mol. The lowest BCUT2D eigenvalue weighted by atomic mass is 10.3. The summed E-state index contributed by atoms with van der Waals surface area (Å²) in [5.74, 6) is -0.169. The smallest absolute Gasteiger partial charge is 0.273 e. The van der Waals surface area contributed by atoms with E-state index in [2.05, 4.69) is 21.6 Å². The molecule has 0 saturated heterocycles. The van der Waals surface area contributed by atoms with Gasteiger partial charge in [-0.25, -0.2) is 4.98 Å². The molecule has 4 heteroatoms. The molecule has 1 aromatic heterocycles. The molecule has 0 radical (unpaired) electrons. The number of rotatable bonds is 4. The summed E-state index contributed by atoms with van der Waals surface area (Å²) < 4.78 is 4.67. The molecule has 66 valence electrons. The van der Waals surface area contributed by atoms with Crippen LogP contribution < -0.4 is 5.32 Å². The Morgan fingerprint density at radius 3 is 3.17 bits per heavy atom. The maximum Gasteiger partial charge on any atom is 0.273 e. The quantitative estimate of drug-likeness (QED) is 0.687. The fourth-order valence-corrected chi connectivity index (χ4v) is 0.794. The number of amides is 1. The van der Waals surface area contributed by atoms with E-state index in [0.717, 1.165) is 12.8 Å². The SMILES string of the molecule is CCCCNC(=O)c1cocn1. The van der Waals surface area contributed by atoms with Gasteiger partial charge in [0.25, 0.3) is 5.91 Å². The van der Waals surface area contributed by atoms with E-state index in [4.69, 9.17) is 0 Å². The number of unbranched alkanes of at least 4 members (excludes halogenated alkanes) is 1. The Morgan fingerprint density at radius 2 is 2.58 bits per heavy atom. The maximum absolute atomic E-state index is 11.1. The van der Waals surface area contributed by atoms with Gasteiger partial charge in [0.05, 0.1) is 0 Å². The Labute approximate surface area is 71.0 Å². The van der Waals surface area contributed by atoms with Crippen molar-refractivity contribution in [3.63, 3.8) is 0 Å². The van der Waals surface area contributed by atoms with E-state index in [9.17, 15) is 4.79 Å². The van der Waals surface area contributed by atoms with Crippen molar-refractivity contribution in [2.45, 2.75) is 19.8 Å². The van der Waals surface area contributed by atoms with Gasteiger partial charge in [0.2, 0.25) is 0 Å². The second kappa shape index (κ2) is 4.54. The van der Waals surface area contributed by atoms with Gasteiger partial charge >= 0.3 is 0 Å². The minimum Gasteiger partial charge on any atom is -0.451 e. The Kier molecular flexibility index (Phi) is 3.32. The summed E-state index contributed by atoms with van der Waals surface area (Å²) in [7, 11) is 0. The average Bonchev–Trinajstić information content (AvgIpc) is 2.56. The second-order valence-corrected chi connectivity index (χ2v) is 2.48. The molecule has 12 heavy (non-hydrogen) atoms. The highest BCUT2D eigenvalue weighted by Gasteiger charge is 2.06. The minimum absolute atomic E-state index is 0.169. The van der Waals surface area contributed by atoms with Crippen LogP contribution in [0.4, 0.5) is 0 Å². The third-order valence-corrected chi connectivity index (χ3v) is 1.48. The van der Waals surface area contributed by atoms with E-state index < -0.39 is 0 Å². The molecule has 0 unspecified atom stereocenters. The van der Waals surface area contributed by atoms with Gasteiger partial charge < -0.3 is 9.73 Å². The summed E-state index contributed by atoms with van der Waals surface area (Å²) in [5.41, 5.74) is 0.339. The van der Waals surface area contributed by atoms with E-state index >= 15 is 0 Å². The lowest BCUT2D eigenvalue weighted by molar-refractivity contribution is 0.0948. The molecule has 1 aromatic rings. The van der Waals surface area contributed by atoms with E-state index in [1.54, 1.807) is 0 Å². The van der Waals surface area contributed by atoms with Gasteiger partial charge in [-0.1, -0.05) is 13.3 Å². The van der Waals surface area contributed by atoms with E-state index in [1.807, 2.05) is 0 Å². The summed E-state index contributed by atoms with van der Waals surface area (Å²) in [6.45, 7) is 2.77. The molecule has 0 bridgehead atoms. The van der Waals surface area contributed by atoms with Gasteiger partial charge in [0, 0.05) is 6.54 Å². The molecule has 1 rings (SSSR count). The molecule has 1 N–H and O–H groups in total. The molecule has 1 amide bonds. The first-order valence-corrected chi connectivity index (χ1v) is 4.01. The van der Waals surface area contributed by atoms with Gasteiger partial charge in [-0.3, -0.25) is 4.79 Å². The first kappa shape index (κ1) is 8.77. The molecule has 1 heterocycles. The number of hydrogen-bond donors (Lipinski definition) is 1. The van der Waals surface area contributed by atoms with Crippen LogP contribution >= 0.6 is 0 Å². The molecule has 0 aliphatic carbocycles. The van der Waals surface area contributed by atoms with E-state index in [1.165, 1.54) is 12.7 Å². The predicted molar refractivity (Wildman–Crippen MR) is 43.7 cm³/mol. The number of nitrogens with one attached hydrogen (secondary N) is 1. The second-order valence-electron chi connectivity index (χ2n) is 2.48. The zero-order valence-corrected chi connectivity index (χ0v) is 7.04. The maximum atomic E-state index is 11.1. The molecule has 0 saturated carbocycles. The van der Waals surface area contributed by atoms with Gasteiger partial charge in [0.15, 0.2) is 12.1 Å². The van der Waals surface area contributed by atoms with Crippen molar-refractivity contribution in [3.05, 3.63) is 18.4 Å².